The number of esters is 2. The van der Waals surface area contributed by atoms with Crippen LogP contribution in [0.15, 0.2) is 40.2 Å². The molecule has 0 saturated carbocycles. The number of fused-ring (bicyclic) bond motifs is 1. The predicted molar refractivity (Wildman–Crippen MR) is 132 cm³/mol. The lowest BCUT2D eigenvalue weighted by molar-refractivity contribution is -0.139. The molecule has 3 rings (SSSR count). The third kappa shape index (κ3) is 5.12. The molecule has 0 aromatic heterocycles. The number of thioether (sulfide) groups is 1. The molecule has 35 heavy (non-hydrogen) atoms. The minimum Gasteiger partial charge on any atom is -0.493 e. The van der Waals surface area contributed by atoms with Crippen molar-refractivity contribution >= 4 is 29.6 Å². The maximum atomic E-state index is 13.3. The number of amides is 1. The van der Waals surface area contributed by atoms with E-state index in [9.17, 15) is 14.4 Å². The summed E-state index contributed by atoms with van der Waals surface area (Å²) in [5, 5.41) is -0.140. The summed E-state index contributed by atoms with van der Waals surface area (Å²) >= 11 is 1.20. The van der Waals surface area contributed by atoms with E-state index in [1.807, 2.05) is 20.8 Å². The number of carbonyl (C=O) groups excluding carboxylic acids is 3. The number of benzene rings is 1. The van der Waals surface area contributed by atoms with Crippen molar-refractivity contribution in [1.29, 1.82) is 0 Å². The lowest BCUT2D eigenvalue weighted by Crippen LogP contribution is -2.40. The molecule has 2 aliphatic heterocycles. The lowest BCUT2D eigenvalue weighted by Gasteiger charge is -2.33. The Morgan fingerprint density at radius 3 is 2.46 bits per heavy atom. The van der Waals surface area contributed by atoms with Crippen LogP contribution in [0, 0.1) is 0 Å². The van der Waals surface area contributed by atoms with Crippen LogP contribution < -0.4 is 15.2 Å². The first-order valence-electron chi connectivity index (χ1n) is 11.5. The smallest absolute Gasteiger partial charge is 0.338 e. The molecule has 0 aliphatic carbocycles. The number of hydrogen-bond acceptors (Lipinski definition) is 9. The normalized spacial score (nSPS) is 19.7. The van der Waals surface area contributed by atoms with Gasteiger partial charge in [-0.15, -0.1) is 0 Å². The van der Waals surface area contributed by atoms with Crippen LogP contribution in [0.1, 0.15) is 52.0 Å². The quantitative estimate of drug-likeness (QED) is 0.398. The van der Waals surface area contributed by atoms with Gasteiger partial charge in [0.05, 0.1) is 54.3 Å². The van der Waals surface area contributed by atoms with Crippen molar-refractivity contribution < 1.29 is 33.3 Å². The minimum atomic E-state index is -0.935. The number of nitrogens with zero attached hydrogens (tertiary/aromatic N) is 1. The van der Waals surface area contributed by atoms with Crippen LogP contribution in [0.5, 0.6) is 11.5 Å². The van der Waals surface area contributed by atoms with Crippen molar-refractivity contribution in [3.05, 3.63) is 45.8 Å². The molecule has 0 radical (unpaired) electrons. The van der Waals surface area contributed by atoms with Gasteiger partial charge in [0.1, 0.15) is 5.82 Å². The average Bonchev–Trinajstić information content (AvgIpc) is 3.12. The average molecular weight is 505 g/mol. The Kier molecular flexibility index (Phi) is 8.37. The van der Waals surface area contributed by atoms with E-state index in [4.69, 9.17) is 24.7 Å². The first-order chi connectivity index (χ1) is 16.7. The summed E-state index contributed by atoms with van der Waals surface area (Å²) in [6.45, 7) is 7.67. The van der Waals surface area contributed by atoms with E-state index >= 15 is 0 Å². The van der Waals surface area contributed by atoms with Gasteiger partial charge in [-0.1, -0.05) is 31.2 Å². The van der Waals surface area contributed by atoms with Gasteiger partial charge < -0.3 is 24.7 Å². The largest absolute Gasteiger partial charge is 0.493 e. The number of unbranched alkanes of at least 4 members (excludes halogenated alkanes) is 1. The van der Waals surface area contributed by atoms with E-state index in [2.05, 4.69) is 0 Å². The fourth-order valence-corrected chi connectivity index (χ4v) is 5.14. The molecular weight excluding hydrogens is 472 g/mol. The highest BCUT2D eigenvalue weighted by molar-refractivity contribution is 8.04. The summed E-state index contributed by atoms with van der Waals surface area (Å²) < 4.78 is 21.9. The first kappa shape index (κ1) is 26.5. The van der Waals surface area contributed by atoms with E-state index in [0.717, 1.165) is 6.42 Å². The Balaban J connectivity index is 2.24. The Hall–Kier alpha value is -3.14. The van der Waals surface area contributed by atoms with Gasteiger partial charge in [0.25, 0.3) is 0 Å². The van der Waals surface area contributed by atoms with Gasteiger partial charge in [-0.05, 0) is 44.9 Å². The maximum absolute atomic E-state index is 13.3. The molecule has 1 saturated heterocycles. The molecule has 1 fully saturated rings. The fraction of sp³-hybridized carbons (Fsp3) is 0.480. The Bertz CT molecular complexity index is 1080. The molecule has 190 valence electrons. The lowest BCUT2D eigenvalue weighted by atomic mass is 9.82. The van der Waals surface area contributed by atoms with Crippen molar-refractivity contribution in [2.24, 2.45) is 5.73 Å². The zero-order valence-corrected chi connectivity index (χ0v) is 21.7. The van der Waals surface area contributed by atoms with Crippen LogP contribution in [0.25, 0.3) is 0 Å². The van der Waals surface area contributed by atoms with Crippen molar-refractivity contribution in [3.8, 4) is 11.5 Å². The first-order valence-corrected chi connectivity index (χ1v) is 12.4. The third-order valence-electron chi connectivity index (χ3n) is 5.62. The minimum absolute atomic E-state index is 0.00730. The van der Waals surface area contributed by atoms with Crippen LogP contribution in [-0.4, -0.2) is 54.9 Å². The molecule has 9 nitrogen and oxygen atoms in total. The van der Waals surface area contributed by atoms with Crippen LogP contribution in [0.2, 0.25) is 0 Å². The second-order valence-electron chi connectivity index (χ2n) is 8.44. The molecule has 2 aliphatic rings. The van der Waals surface area contributed by atoms with Crippen molar-refractivity contribution in [1.82, 2.24) is 4.90 Å². The topological polar surface area (TPSA) is 117 Å². The Labute approximate surface area is 209 Å². The zero-order chi connectivity index (χ0) is 25.9. The zero-order valence-electron chi connectivity index (χ0n) is 20.9. The number of hydrogen-bond donors (Lipinski definition) is 1. The van der Waals surface area contributed by atoms with Crippen LogP contribution >= 0.6 is 11.8 Å². The van der Waals surface area contributed by atoms with E-state index < -0.39 is 23.1 Å². The summed E-state index contributed by atoms with van der Waals surface area (Å²) in [7, 11) is 2.76. The molecule has 0 spiro atoms. The van der Waals surface area contributed by atoms with Gasteiger partial charge in [-0.3, -0.25) is 9.69 Å². The molecule has 2 atom stereocenters. The maximum Gasteiger partial charge on any atom is 0.338 e. The summed E-state index contributed by atoms with van der Waals surface area (Å²) in [4.78, 5) is 40.6. The molecule has 1 aromatic carbocycles. The van der Waals surface area contributed by atoms with Crippen molar-refractivity contribution in [2.45, 2.75) is 57.8 Å². The van der Waals surface area contributed by atoms with Crippen LogP contribution in [0.3, 0.4) is 0 Å². The van der Waals surface area contributed by atoms with E-state index in [1.54, 1.807) is 25.1 Å². The second-order valence-corrected chi connectivity index (χ2v) is 9.77. The summed E-state index contributed by atoms with van der Waals surface area (Å²) in [5.74, 6) is -1.73. The number of ether oxygens (including phenoxy) is 4. The van der Waals surface area contributed by atoms with Gasteiger partial charge >= 0.3 is 11.9 Å². The molecule has 2 N–H and O–H groups in total. The number of carbonyl (C=O) groups is 3. The monoisotopic (exact) mass is 504 g/mol. The SMILES string of the molecule is CCCCOC(=O)C1=C(N)N2C(=O)[C@@H](C)SC2=C(C(=O)OC)[C@H]1c1ccc(OC(C)C)c(OC)c1. The fourth-order valence-electron chi connectivity index (χ4n) is 3.97. The molecule has 0 bridgehead atoms. The molecule has 10 heteroatoms. The molecule has 1 aromatic rings. The van der Waals surface area contributed by atoms with Gasteiger partial charge in [0.15, 0.2) is 11.5 Å². The number of rotatable bonds is 9. The van der Waals surface area contributed by atoms with Crippen molar-refractivity contribution in [2.75, 3.05) is 20.8 Å². The van der Waals surface area contributed by atoms with E-state index in [0.29, 0.717) is 28.5 Å². The summed E-state index contributed by atoms with van der Waals surface area (Å²) in [6.07, 6.45) is 1.41. The predicted octanol–water partition coefficient (Wildman–Crippen LogP) is 3.44. The highest BCUT2D eigenvalue weighted by Crippen LogP contribution is 2.50. The highest BCUT2D eigenvalue weighted by atomic mass is 32.2. The van der Waals surface area contributed by atoms with Gasteiger partial charge in [-0.2, -0.15) is 0 Å². The molecule has 1 amide bonds. The second kappa shape index (κ2) is 11.1. The van der Waals surface area contributed by atoms with E-state index in [1.165, 1.54) is 30.9 Å². The summed E-state index contributed by atoms with van der Waals surface area (Å²) in [5.41, 5.74) is 7.15. The molecule has 0 unspecified atom stereocenters. The van der Waals surface area contributed by atoms with Crippen molar-refractivity contribution in [3.63, 3.8) is 0 Å². The van der Waals surface area contributed by atoms with Gasteiger partial charge in [0, 0.05) is 0 Å². The highest BCUT2D eigenvalue weighted by Gasteiger charge is 2.49. The number of methoxy groups -OCH3 is 2. The van der Waals surface area contributed by atoms with Gasteiger partial charge in [0.2, 0.25) is 5.91 Å². The number of nitrogens with two attached hydrogens (primary N) is 1. The van der Waals surface area contributed by atoms with Crippen LogP contribution in [-0.2, 0) is 23.9 Å². The van der Waals surface area contributed by atoms with Crippen LogP contribution in [0.4, 0.5) is 0 Å². The molecule has 2 heterocycles. The third-order valence-corrected chi connectivity index (χ3v) is 6.81. The Morgan fingerprint density at radius 2 is 1.86 bits per heavy atom. The summed E-state index contributed by atoms with van der Waals surface area (Å²) in [6, 6.07) is 5.15. The molecular formula is C25H32N2O7S. The van der Waals surface area contributed by atoms with E-state index in [-0.39, 0.29) is 35.6 Å². The van der Waals surface area contributed by atoms with Gasteiger partial charge in [-0.25, -0.2) is 9.59 Å². The Morgan fingerprint density at radius 1 is 1.14 bits per heavy atom. The standard InChI is InChI=1S/C25H32N2O7S/c1-7-8-11-33-25(30)19-18(15-9-10-16(34-13(2)3)17(12-15)31-5)20(24(29)32-6)23-27(21(19)26)22(28)14(4)35-23/h9-10,12-14,18H,7-8,11,26H2,1-6H3/t14-,18+/m1/s1.